The monoisotopic (exact) mass is 374 g/mol. The molecule has 148 valence electrons. The Balaban J connectivity index is 1.36. The number of urea groups is 1. The summed E-state index contributed by atoms with van der Waals surface area (Å²) in [6, 6.07) is 6.07. The van der Waals surface area contributed by atoms with Crippen LogP contribution < -0.4 is 15.4 Å². The van der Waals surface area contributed by atoms with E-state index in [2.05, 4.69) is 45.6 Å². The Bertz CT molecular complexity index is 657. The molecule has 0 aromatic heterocycles. The van der Waals surface area contributed by atoms with E-state index >= 15 is 0 Å². The Kier molecular flexibility index (Phi) is 7.06. The zero-order valence-electron chi connectivity index (χ0n) is 16.1. The van der Waals surface area contributed by atoms with Gasteiger partial charge in [0.15, 0.2) is 0 Å². The summed E-state index contributed by atoms with van der Waals surface area (Å²) in [5.41, 5.74) is 2.62. The van der Waals surface area contributed by atoms with Gasteiger partial charge < -0.3 is 10.1 Å². The molecule has 0 bridgehead atoms. The van der Waals surface area contributed by atoms with Crippen molar-refractivity contribution in [1.29, 1.82) is 0 Å². The topological polar surface area (TPSA) is 73.9 Å². The van der Waals surface area contributed by atoms with Crippen molar-refractivity contribution in [2.75, 3.05) is 45.9 Å². The maximum absolute atomic E-state index is 12.0. The number of fused-ring (bicyclic) bond motifs is 1. The van der Waals surface area contributed by atoms with Crippen LogP contribution in [0.1, 0.15) is 30.9 Å². The lowest BCUT2D eigenvalue weighted by molar-refractivity contribution is -0.121. The number of nitrogens with zero attached hydrogens (tertiary/aromatic N) is 2. The molecular formula is C20H30N4O3. The Morgan fingerprint density at radius 3 is 2.70 bits per heavy atom. The number of unbranched alkanes of at least 4 members (excludes halogenated alkanes) is 1. The molecule has 2 heterocycles. The van der Waals surface area contributed by atoms with Gasteiger partial charge in [0.25, 0.3) is 0 Å². The van der Waals surface area contributed by atoms with Gasteiger partial charge in [-0.25, -0.2) is 4.79 Å². The summed E-state index contributed by atoms with van der Waals surface area (Å²) in [7, 11) is 0. The van der Waals surface area contributed by atoms with E-state index in [1.807, 2.05) is 0 Å². The minimum Gasteiger partial charge on any atom is -0.493 e. The van der Waals surface area contributed by atoms with Crippen molar-refractivity contribution in [2.24, 2.45) is 0 Å². The van der Waals surface area contributed by atoms with Crippen molar-refractivity contribution < 1.29 is 14.3 Å². The fourth-order valence-electron chi connectivity index (χ4n) is 3.49. The largest absolute Gasteiger partial charge is 0.493 e. The highest BCUT2D eigenvalue weighted by atomic mass is 16.5. The van der Waals surface area contributed by atoms with Crippen LogP contribution >= 0.6 is 0 Å². The average molecular weight is 374 g/mol. The number of benzene rings is 1. The van der Waals surface area contributed by atoms with Crippen LogP contribution in [-0.4, -0.2) is 67.6 Å². The lowest BCUT2D eigenvalue weighted by atomic mass is 10.1. The number of piperazine rings is 1. The summed E-state index contributed by atoms with van der Waals surface area (Å²) in [6.45, 7) is 8.14. The molecule has 0 radical (unpaired) electrons. The molecule has 2 aliphatic rings. The standard InChI is InChI=1S/C20H30N4O3/c1-2-3-7-21-20(26)22-19(25)15-24-10-8-23(9-11-24)14-16-4-5-18-17(13-16)6-12-27-18/h4-5,13H,2-3,6-12,14-15H2,1H3,(H2,21,22,25,26). The Hall–Kier alpha value is -2.12. The highest BCUT2D eigenvalue weighted by Crippen LogP contribution is 2.26. The van der Waals surface area contributed by atoms with Crippen LogP contribution in [0.4, 0.5) is 4.79 Å². The van der Waals surface area contributed by atoms with E-state index in [-0.39, 0.29) is 12.5 Å². The van der Waals surface area contributed by atoms with Crippen molar-refractivity contribution in [1.82, 2.24) is 20.4 Å². The smallest absolute Gasteiger partial charge is 0.321 e. The minimum absolute atomic E-state index is 0.240. The Morgan fingerprint density at radius 1 is 1.15 bits per heavy atom. The maximum Gasteiger partial charge on any atom is 0.321 e. The van der Waals surface area contributed by atoms with Crippen LogP contribution in [0.25, 0.3) is 0 Å². The molecule has 3 rings (SSSR count). The molecule has 0 spiro atoms. The Labute approximate surface area is 161 Å². The second-order valence-corrected chi connectivity index (χ2v) is 7.25. The van der Waals surface area contributed by atoms with Gasteiger partial charge in [0, 0.05) is 45.7 Å². The van der Waals surface area contributed by atoms with Crippen LogP contribution in [0.15, 0.2) is 18.2 Å². The van der Waals surface area contributed by atoms with Crippen molar-refractivity contribution in [3.8, 4) is 5.75 Å². The van der Waals surface area contributed by atoms with Gasteiger partial charge in [0.05, 0.1) is 13.2 Å². The molecule has 7 heteroatoms. The second kappa shape index (κ2) is 9.71. The number of hydrogen-bond acceptors (Lipinski definition) is 5. The number of hydrogen-bond donors (Lipinski definition) is 2. The van der Waals surface area contributed by atoms with Crippen molar-refractivity contribution in [3.05, 3.63) is 29.3 Å². The molecule has 1 aromatic rings. The summed E-state index contributed by atoms with van der Waals surface area (Å²) in [4.78, 5) is 28.1. The predicted octanol–water partition coefficient (Wildman–Crippen LogP) is 1.37. The first-order valence-corrected chi connectivity index (χ1v) is 9.91. The third-order valence-electron chi connectivity index (χ3n) is 5.06. The average Bonchev–Trinajstić information content (AvgIpc) is 3.11. The normalized spacial score (nSPS) is 17.2. The zero-order valence-corrected chi connectivity index (χ0v) is 16.1. The van der Waals surface area contributed by atoms with Gasteiger partial charge in [-0.1, -0.05) is 25.5 Å². The number of rotatable bonds is 7. The first-order chi connectivity index (χ1) is 13.1. The number of carbonyl (C=O) groups is 2. The van der Waals surface area contributed by atoms with Gasteiger partial charge in [-0.2, -0.15) is 0 Å². The van der Waals surface area contributed by atoms with Gasteiger partial charge in [0.1, 0.15) is 5.75 Å². The number of nitrogens with one attached hydrogen (secondary N) is 2. The summed E-state index contributed by atoms with van der Waals surface area (Å²) in [6.07, 6.45) is 2.93. The quantitative estimate of drug-likeness (QED) is 0.705. The SMILES string of the molecule is CCCCNC(=O)NC(=O)CN1CCN(Cc2ccc3c(c2)CCO3)CC1. The molecule has 0 saturated carbocycles. The Morgan fingerprint density at radius 2 is 1.93 bits per heavy atom. The van der Waals surface area contributed by atoms with Crippen LogP contribution in [0.5, 0.6) is 5.75 Å². The molecule has 0 atom stereocenters. The van der Waals surface area contributed by atoms with Gasteiger partial charge in [-0.3, -0.25) is 19.9 Å². The summed E-state index contributed by atoms with van der Waals surface area (Å²) in [5, 5.41) is 5.10. The summed E-state index contributed by atoms with van der Waals surface area (Å²) in [5.74, 6) is 0.782. The van der Waals surface area contributed by atoms with Crippen LogP contribution in [0.3, 0.4) is 0 Å². The van der Waals surface area contributed by atoms with E-state index in [0.29, 0.717) is 6.54 Å². The van der Waals surface area contributed by atoms with E-state index in [0.717, 1.165) is 64.3 Å². The maximum atomic E-state index is 12.0. The molecule has 0 unspecified atom stereocenters. The third-order valence-corrected chi connectivity index (χ3v) is 5.06. The predicted molar refractivity (Wildman–Crippen MR) is 104 cm³/mol. The number of amides is 3. The van der Waals surface area contributed by atoms with Crippen molar-refractivity contribution >= 4 is 11.9 Å². The van der Waals surface area contributed by atoms with Gasteiger partial charge in [0.2, 0.25) is 5.91 Å². The third kappa shape index (κ3) is 5.94. The van der Waals surface area contributed by atoms with E-state index in [1.54, 1.807) is 0 Å². The van der Waals surface area contributed by atoms with Crippen molar-refractivity contribution in [3.63, 3.8) is 0 Å². The molecule has 7 nitrogen and oxygen atoms in total. The number of carbonyl (C=O) groups excluding carboxylic acids is 2. The molecule has 0 aliphatic carbocycles. The van der Waals surface area contributed by atoms with Crippen LogP contribution in [0, 0.1) is 0 Å². The van der Waals surface area contributed by atoms with Gasteiger partial charge >= 0.3 is 6.03 Å². The van der Waals surface area contributed by atoms with E-state index < -0.39 is 6.03 Å². The molecular weight excluding hydrogens is 344 g/mol. The van der Waals surface area contributed by atoms with Gasteiger partial charge in [-0.05, 0) is 23.6 Å². The van der Waals surface area contributed by atoms with Crippen molar-refractivity contribution in [2.45, 2.75) is 32.7 Å². The molecule has 2 aliphatic heterocycles. The van der Waals surface area contributed by atoms with E-state index in [4.69, 9.17) is 4.74 Å². The second-order valence-electron chi connectivity index (χ2n) is 7.25. The van der Waals surface area contributed by atoms with E-state index in [9.17, 15) is 9.59 Å². The zero-order chi connectivity index (χ0) is 19.1. The molecule has 1 fully saturated rings. The highest BCUT2D eigenvalue weighted by Gasteiger charge is 2.20. The van der Waals surface area contributed by atoms with Crippen LogP contribution in [0.2, 0.25) is 0 Å². The number of imide groups is 1. The molecule has 1 saturated heterocycles. The van der Waals surface area contributed by atoms with E-state index in [1.165, 1.54) is 11.1 Å². The summed E-state index contributed by atoms with van der Waals surface area (Å²) < 4.78 is 5.56. The summed E-state index contributed by atoms with van der Waals surface area (Å²) >= 11 is 0. The highest BCUT2D eigenvalue weighted by molar-refractivity contribution is 5.95. The lowest BCUT2D eigenvalue weighted by Gasteiger charge is -2.34. The first kappa shape index (κ1) is 19.6. The fraction of sp³-hybridized carbons (Fsp3) is 0.600. The van der Waals surface area contributed by atoms with Gasteiger partial charge in [-0.15, -0.1) is 0 Å². The molecule has 1 aromatic carbocycles. The lowest BCUT2D eigenvalue weighted by Crippen LogP contribution is -2.50. The van der Waals surface area contributed by atoms with Crippen LogP contribution in [-0.2, 0) is 17.8 Å². The molecule has 3 amide bonds. The first-order valence-electron chi connectivity index (χ1n) is 9.91. The fourth-order valence-corrected chi connectivity index (χ4v) is 3.49. The number of ether oxygens (including phenoxy) is 1. The minimum atomic E-state index is -0.396. The molecule has 27 heavy (non-hydrogen) atoms. The molecule has 2 N–H and O–H groups in total.